The second-order valence-electron chi connectivity index (χ2n) is 13.1. The summed E-state index contributed by atoms with van der Waals surface area (Å²) in [6.07, 6.45) is -4.30. The number of aliphatic hydroxyl groups is 2. The van der Waals surface area contributed by atoms with Gasteiger partial charge in [-0.05, 0) is 24.0 Å². The zero-order chi connectivity index (χ0) is 30.9. The highest BCUT2D eigenvalue weighted by Gasteiger charge is 2.47. The molecule has 0 saturated carbocycles. The number of ether oxygens (including phenoxy) is 2. The second-order valence-corrected chi connectivity index (χ2v) is 13.1. The average Bonchev–Trinajstić information content (AvgIpc) is 3.47. The maximum atomic E-state index is 14.0. The van der Waals surface area contributed by atoms with Crippen LogP contribution in [-0.2, 0) is 23.9 Å². The van der Waals surface area contributed by atoms with Gasteiger partial charge in [-0.15, -0.1) is 0 Å². The Balaban J connectivity index is 1.39. The summed E-state index contributed by atoms with van der Waals surface area (Å²) >= 11 is 0. The van der Waals surface area contributed by atoms with Crippen LogP contribution in [0.15, 0.2) is 30.3 Å². The van der Waals surface area contributed by atoms with Gasteiger partial charge in [-0.3, -0.25) is 24.1 Å². The van der Waals surface area contributed by atoms with Crippen LogP contribution < -0.4 is 15.4 Å². The fourth-order valence-corrected chi connectivity index (χ4v) is 6.46. The van der Waals surface area contributed by atoms with Gasteiger partial charge < -0.3 is 40.1 Å². The van der Waals surface area contributed by atoms with E-state index >= 15 is 0 Å². The molecule has 0 spiro atoms. The number of nitrogens with one attached hydrogen (secondary N) is 2. The van der Waals surface area contributed by atoms with E-state index in [4.69, 9.17) is 9.47 Å². The number of piperazine rings is 1. The highest BCUT2D eigenvalue weighted by molar-refractivity contribution is 5.90. The highest BCUT2D eigenvalue weighted by atomic mass is 16.5. The molecule has 4 saturated heterocycles. The van der Waals surface area contributed by atoms with E-state index < -0.39 is 48.3 Å². The van der Waals surface area contributed by atoms with Gasteiger partial charge in [0.05, 0.1) is 25.1 Å². The molecule has 1 aromatic carbocycles. The molecule has 4 fully saturated rings. The van der Waals surface area contributed by atoms with Crippen LogP contribution >= 0.6 is 0 Å². The molecule has 5 rings (SSSR count). The van der Waals surface area contributed by atoms with Gasteiger partial charge in [-0.1, -0.05) is 39.0 Å². The molecule has 4 heterocycles. The Hall–Kier alpha value is -3.26. The molecule has 0 radical (unpaired) electrons. The summed E-state index contributed by atoms with van der Waals surface area (Å²) in [5, 5.41) is 26.9. The minimum Gasteiger partial charge on any atom is -0.484 e. The van der Waals surface area contributed by atoms with Gasteiger partial charge in [-0.25, -0.2) is 0 Å². The van der Waals surface area contributed by atoms with Gasteiger partial charge in [0.25, 0.3) is 5.91 Å². The first kappa shape index (κ1) is 31.2. The van der Waals surface area contributed by atoms with Crippen molar-refractivity contribution >= 4 is 23.6 Å². The number of likely N-dealkylation sites (tertiary alicyclic amines) is 1. The quantitative estimate of drug-likeness (QED) is 0.330. The number of carbonyl (C=O) groups excluding carboxylic acids is 4. The van der Waals surface area contributed by atoms with Crippen LogP contribution in [0.1, 0.15) is 33.6 Å². The van der Waals surface area contributed by atoms with E-state index in [1.807, 2.05) is 6.07 Å². The Labute approximate surface area is 251 Å². The van der Waals surface area contributed by atoms with Gasteiger partial charge in [0.2, 0.25) is 17.7 Å². The van der Waals surface area contributed by atoms with Crippen molar-refractivity contribution in [2.24, 2.45) is 5.41 Å². The predicted molar refractivity (Wildman–Crippen MR) is 154 cm³/mol. The molecule has 6 bridgehead atoms. The van der Waals surface area contributed by atoms with Crippen LogP contribution in [0.2, 0.25) is 0 Å². The Kier molecular flexibility index (Phi) is 9.26. The minimum absolute atomic E-state index is 0.0159. The van der Waals surface area contributed by atoms with Crippen molar-refractivity contribution in [3.05, 3.63) is 30.3 Å². The van der Waals surface area contributed by atoms with Crippen LogP contribution in [0.3, 0.4) is 0 Å². The number of carbonyl (C=O) groups is 4. The zero-order valence-electron chi connectivity index (χ0n) is 25.0. The van der Waals surface area contributed by atoms with Gasteiger partial charge in [0, 0.05) is 38.8 Å². The molecule has 4 aliphatic heterocycles. The Morgan fingerprint density at radius 2 is 1.74 bits per heavy atom. The number of rotatable bonds is 4. The zero-order valence-corrected chi connectivity index (χ0v) is 25.0. The Morgan fingerprint density at radius 1 is 1.02 bits per heavy atom. The molecule has 43 heavy (non-hydrogen) atoms. The van der Waals surface area contributed by atoms with Gasteiger partial charge >= 0.3 is 0 Å². The molecule has 4 aliphatic rings. The molecular formula is C30H43N5O8. The van der Waals surface area contributed by atoms with E-state index in [2.05, 4.69) is 36.3 Å². The lowest BCUT2D eigenvalue weighted by molar-refractivity contribution is -0.151. The number of hydrogen-bond donors (Lipinski definition) is 4. The summed E-state index contributed by atoms with van der Waals surface area (Å²) in [7, 11) is 0. The van der Waals surface area contributed by atoms with Crippen LogP contribution in [0.25, 0.3) is 0 Å². The maximum absolute atomic E-state index is 14.0. The molecule has 0 aliphatic carbocycles. The van der Waals surface area contributed by atoms with Crippen LogP contribution in [-0.4, -0.2) is 137 Å². The monoisotopic (exact) mass is 601 g/mol. The molecule has 7 atom stereocenters. The van der Waals surface area contributed by atoms with E-state index in [-0.39, 0.29) is 62.5 Å². The van der Waals surface area contributed by atoms with Gasteiger partial charge in [0.1, 0.15) is 30.1 Å². The topological polar surface area (TPSA) is 161 Å². The fourth-order valence-electron chi connectivity index (χ4n) is 6.46. The van der Waals surface area contributed by atoms with Crippen molar-refractivity contribution in [1.29, 1.82) is 0 Å². The normalized spacial score (nSPS) is 32.4. The van der Waals surface area contributed by atoms with Gasteiger partial charge in [-0.2, -0.15) is 0 Å². The average molecular weight is 602 g/mol. The number of amides is 4. The predicted octanol–water partition coefficient (Wildman–Crippen LogP) is -1.28. The third kappa shape index (κ3) is 7.28. The molecule has 13 heteroatoms. The summed E-state index contributed by atoms with van der Waals surface area (Å²) in [6, 6.07) is 7.09. The number of benzene rings is 1. The van der Waals surface area contributed by atoms with Crippen molar-refractivity contribution in [3.8, 4) is 5.75 Å². The lowest BCUT2D eigenvalue weighted by Crippen LogP contribution is -2.64. The van der Waals surface area contributed by atoms with E-state index in [1.165, 1.54) is 4.90 Å². The fraction of sp³-hybridized carbons (Fsp3) is 0.667. The number of fused-ring (bicyclic) bond motifs is 6. The second kappa shape index (κ2) is 12.8. The summed E-state index contributed by atoms with van der Waals surface area (Å²) in [5.74, 6) is -0.870. The van der Waals surface area contributed by atoms with Crippen LogP contribution in [0.5, 0.6) is 5.75 Å². The van der Waals surface area contributed by atoms with Crippen molar-refractivity contribution in [2.45, 2.75) is 76.2 Å². The molecule has 1 aromatic rings. The van der Waals surface area contributed by atoms with Crippen molar-refractivity contribution in [2.75, 3.05) is 45.9 Å². The van der Waals surface area contributed by atoms with Crippen molar-refractivity contribution in [1.82, 2.24) is 25.3 Å². The first-order chi connectivity index (χ1) is 20.4. The lowest BCUT2D eigenvalue weighted by Gasteiger charge is -2.42. The first-order valence-corrected chi connectivity index (χ1v) is 15.0. The van der Waals surface area contributed by atoms with E-state index in [9.17, 15) is 29.4 Å². The number of hydrogen-bond acceptors (Lipinski definition) is 9. The maximum Gasteiger partial charge on any atom is 0.261 e. The molecule has 0 aromatic heterocycles. The SMILES string of the molecule is CC(C)(C)CN1C[C@@H]2C[C@H]1C(=O)N1CCN(C(=O)COc3ccccc3)[C@@H](C1)C(=O)NC[C@H]1O[C@@H](CC(=O)N2)[C@H](O)[C@@H]1O. The van der Waals surface area contributed by atoms with Crippen molar-refractivity contribution < 1.29 is 38.9 Å². The van der Waals surface area contributed by atoms with E-state index in [0.29, 0.717) is 25.3 Å². The lowest BCUT2D eigenvalue weighted by atomic mass is 9.95. The molecule has 4 N–H and O–H groups in total. The largest absolute Gasteiger partial charge is 0.484 e. The molecular weight excluding hydrogens is 558 g/mol. The molecule has 4 amide bonds. The summed E-state index contributed by atoms with van der Waals surface area (Å²) in [4.78, 5) is 59.0. The van der Waals surface area contributed by atoms with Crippen LogP contribution in [0, 0.1) is 5.41 Å². The summed E-state index contributed by atoms with van der Waals surface area (Å²) in [6.45, 7) is 7.28. The van der Waals surface area contributed by atoms with E-state index in [1.54, 1.807) is 29.2 Å². The van der Waals surface area contributed by atoms with Crippen molar-refractivity contribution in [3.63, 3.8) is 0 Å². The highest BCUT2D eigenvalue weighted by Crippen LogP contribution is 2.28. The third-order valence-corrected chi connectivity index (χ3v) is 8.48. The Bertz CT molecular complexity index is 1190. The number of aliphatic hydroxyl groups excluding tert-OH is 2. The third-order valence-electron chi connectivity index (χ3n) is 8.48. The van der Waals surface area contributed by atoms with Crippen LogP contribution in [0.4, 0.5) is 0 Å². The first-order valence-electron chi connectivity index (χ1n) is 15.0. The summed E-state index contributed by atoms with van der Waals surface area (Å²) in [5.41, 5.74) is -0.116. The number of nitrogens with zero attached hydrogens (tertiary/aromatic N) is 3. The molecule has 13 nitrogen and oxygen atoms in total. The smallest absolute Gasteiger partial charge is 0.261 e. The summed E-state index contributed by atoms with van der Waals surface area (Å²) < 4.78 is 11.5. The Morgan fingerprint density at radius 3 is 2.47 bits per heavy atom. The van der Waals surface area contributed by atoms with E-state index in [0.717, 1.165) is 0 Å². The van der Waals surface area contributed by atoms with Gasteiger partial charge in [0.15, 0.2) is 6.61 Å². The molecule has 236 valence electrons. The minimum atomic E-state index is -1.31. The number of para-hydroxylation sites is 1. The standard InChI is InChI=1S/C30H43N5O8/c1-30(2,3)17-34-14-18-11-20(34)29(41)33-9-10-35(25(37)16-42-19-7-5-4-6-8-19)21(15-33)28(40)31-13-23-27(39)26(38)22(43-23)12-24(36)32-18/h4-8,18,20-23,26-27,38-39H,9-17H2,1-3H3,(H,31,40)(H,32,36)/t18-,20-,21-,22-,23+,26-,27+/m0/s1. The molecule has 0 unspecified atom stereocenters.